The predicted molar refractivity (Wildman–Crippen MR) is 58.4 cm³/mol. The van der Waals surface area contributed by atoms with Crippen LogP contribution in [0, 0.1) is 0 Å². The van der Waals surface area contributed by atoms with Gasteiger partial charge in [0.05, 0.1) is 6.54 Å². The highest BCUT2D eigenvalue weighted by atomic mass is 15.3. The molecule has 0 saturated carbocycles. The van der Waals surface area contributed by atoms with Gasteiger partial charge in [-0.1, -0.05) is 6.92 Å². The first-order valence-electron chi connectivity index (χ1n) is 5.59. The molecule has 84 valence electrons. The van der Waals surface area contributed by atoms with E-state index in [0.717, 1.165) is 32.0 Å². The van der Waals surface area contributed by atoms with E-state index in [1.54, 1.807) is 6.33 Å². The van der Waals surface area contributed by atoms with Gasteiger partial charge in [-0.3, -0.25) is 9.58 Å². The Morgan fingerprint density at radius 3 is 3.07 bits per heavy atom. The standard InChI is InChI=1S/C10H19N5/c1-3-15(9-4-5-11-6-9)7-10-12-8-13-14(10)2/h8-9,11H,3-7H2,1-2H3. The van der Waals surface area contributed by atoms with Crippen LogP contribution in [-0.4, -0.2) is 45.3 Å². The highest BCUT2D eigenvalue weighted by molar-refractivity contribution is 4.87. The van der Waals surface area contributed by atoms with Gasteiger partial charge in [-0.15, -0.1) is 0 Å². The maximum Gasteiger partial charge on any atom is 0.140 e. The van der Waals surface area contributed by atoms with E-state index in [-0.39, 0.29) is 0 Å². The van der Waals surface area contributed by atoms with Crippen LogP contribution in [0.25, 0.3) is 0 Å². The van der Waals surface area contributed by atoms with E-state index >= 15 is 0 Å². The Morgan fingerprint density at radius 1 is 1.67 bits per heavy atom. The molecule has 0 aliphatic carbocycles. The molecule has 0 aromatic carbocycles. The molecule has 2 heterocycles. The van der Waals surface area contributed by atoms with E-state index in [4.69, 9.17) is 0 Å². The van der Waals surface area contributed by atoms with Crippen molar-refractivity contribution in [2.75, 3.05) is 19.6 Å². The van der Waals surface area contributed by atoms with Gasteiger partial charge in [0.2, 0.25) is 0 Å². The lowest BCUT2D eigenvalue weighted by Gasteiger charge is -2.26. The molecule has 15 heavy (non-hydrogen) atoms. The van der Waals surface area contributed by atoms with Crippen LogP contribution >= 0.6 is 0 Å². The molecule has 1 aliphatic rings. The average molecular weight is 209 g/mol. The summed E-state index contributed by atoms with van der Waals surface area (Å²) in [5.41, 5.74) is 0. The van der Waals surface area contributed by atoms with E-state index in [0.29, 0.717) is 6.04 Å². The molecule has 5 nitrogen and oxygen atoms in total. The van der Waals surface area contributed by atoms with E-state index < -0.39 is 0 Å². The van der Waals surface area contributed by atoms with Gasteiger partial charge in [0.25, 0.3) is 0 Å². The quantitative estimate of drug-likeness (QED) is 0.758. The SMILES string of the molecule is CCN(Cc1ncnn1C)C1CCNC1. The van der Waals surface area contributed by atoms with Crippen LogP contribution in [0.5, 0.6) is 0 Å². The Balaban J connectivity index is 1.98. The fourth-order valence-electron chi connectivity index (χ4n) is 2.10. The summed E-state index contributed by atoms with van der Waals surface area (Å²) in [6.07, 6.45) is 2.86. The molecule has 1 aliphatic heterocycles. The third kappa shape index (κ3) is 2.35. The first-order valence-corrected chi connectivity index (χ1v) is 5.59. The summed E-state index contributed by atoms with van der Waals surface area (Å²) in [5, 5.41) is 7.49. The fraction of sp³-hybridized carbons (Fsp3) is 0.800. The normalized spacial score (nSPS) is 21.4. The van der Waals surface area contributed by atoms with Gasteiger partial charge in [-0.2, -0.15) is 5.10 Å². The van der Waals surface area contributed by atoms with E-state index in [9.17, 15) is 0 Å². The Morgan fingerprint density at radius 2 is 2.53 bits per heavy atom. The molecule has 1 aromatic heterocycles. The smallest absolute Gasteiger partial charge is 0.140 e. The lowest BCUT2D eigenvalue weighted by Crippen LogP contribution is -2.36. The monoisotopic (exact) mass is 209 g/mol. The number of rotatable bonds is 4. The molecule has 1 saturated heterocycles. The zero-order valence-corrected chi connectivity index (χ0v) is 9.48. The molecule has 1 atom stereocenters. The third-order valence-electron chi connectivity index (χ3n) is 3.11. The lowest BCUT2D eigenvalue weighted by atomic mass is 10.2. The summed E-state index contributed by atoms with van der Waals surface area (Å²) in [4.78, 5) is 6.73. The molecule has 0 radical (unpaired) electrons. The third-order valence-corrected chi connectivity index (χ3v) is 3.11. The van der Waals surface area contributed by atoms with Crippen LogP contribution in [0.2, 0.25) is 0 Å². The van der Waals surface area contributed by atoms with E-state index in [1.165, 1.54) is 6.42 Å². The highest BCUT2D eigenvalue weighted by Crippen LogP contribution is 2.11. The summed E-state index contributed by atoms with van der Waals surface area (Å²) < 4.78 is 1.85. The summed E-state index contributed by atoms with van der Waals surface area (Å²) in [6, 6.07) is 0.659. The van der Waals surface area contributed by atoms with Crippen molar-refractivity contribution in [2.24, 2.45) is 7.05 Å². The highest BCUT2D eigenvalue weighted by Gasteiger charge is 2.21. The Hall–Kier alpha value is -0.940. The fourth-order valence-corrected chi connectivity index (χ4v) is 2.10. The molecular weight excluding hydrogens is 190 g/mol. The van der Waals surface area contributed by atoms with Gasteiger partial charge in [0, 0.05) is 19.6 Å². The van der Waals surface area contributed by atoms with E-state index in [1.807, 2.05) is 11.7 Å². The van der Waals surface area contributed by atoms with Crippen molar-refractivity contribution in [3.8, 4) is 0 Å². The van der Waals surface area contributed by atoms with Crippen LogP contribution in [0.15, 0.2) is 6.33 Å². The van der Waals surface area contributed by atoms with E-state index in [2.05, 4.69) is 27.2 Å². The van der Waals surface area contributed by atoms with Crippen molar-refractivity contribution in [3.05, 3.63) is 12.2 Å². The molecule has 2 rings (SSSR count). The first kappa shape index (κ1) is 10.6. The van der Waals surface area contributed by atoms with Crippen LogP contribution < -0.4 is 5.32 Å². The minimum absolute atomic E-state index is 0.659. The van der Waals surface area contributed by atoms with Crippen molar-refractivity contribution < 1.29 is 0 Å². The number of likely N-dealkylation sites (N-methyl/N-ethyl adjacent to an activating group) is 1. The molecule has 5 heteroatoms. The Kier molecular flexibility index (Phi) is 3.33. The van der Waals surface area contributed by atoms with Crippen LogP contribution in [0.4, 0.5) is 0 Å². The van der Waals surface area contributed by atoms with Crippen LogP contribution in [0.3, 0.4) is 0 Å². The Bertz CT molecular complexity index is 303. The second-order valence-corrected chi connectivity index (χ2v) is 4.01. The molecule has 1 aromatic rings. The number of aryl methyl sites for hydroxylation is 1. The maximum absolute atomic E-state index is 4.26. The van der Waals surface area contributed by atoms with Crippen molar-refractivity contribution in [3.63, 3.8) is 0 Å². The molecule has 0 amide bonds. The van der Waals surface area contributed by atoms with Gasteiger partial charge in [-0.05, 0) is 19.5 Å². The molecular formula is C10H19N5. The molecule has 0 spiro atoms. The summed E-state index contributed by atoms with van der Waals surface area (Å²) >= 11 is 0. The summed E-state index contributed by atoms with van der Waals surface area (Å²) in [6.45, 7) is 6.42. The minimum atomic E-state index is 0.659. The van der Waals surface area contributed by atoms with Gasteiger partial charge in [0.15, 0.2) is 0 Å². The maximum atomic E-state index is 4.26. The number of aromatic nitrogens is 3. The topological polar surface area (TPSA) is 46.0 Å². The zero-order valence-electron chi connectivity index (χ0n) is 9.48. The molecule has 0 bridgehead atoms. The minimum Gasteiger partial charge on any atom is -0.315 e. The largest absolute Gasteiger partial charge is 0.315 e. The second kappa shape index (κ2) is 4.72. The molecule has 1 N–H and O–H groups in total. The number of nitrogens with one attached hydrogen (secondary N) is 1. The zero-order chi connectivity index (χ0) is 10.7. The average Bonchev–Trinajstić information content (AvgIpc) is 2.86. The summed E-state index contributed by atoms with van der Waals surface area (Å²) in [7, 11) is 1.95. The van der Waals surface area contributed by atoms with Crippen molar-refractivity contribution in [1.29, 1.82) is 0 Å². The number of nitrogens with zero attached hydrogens (tertiary/aromatic N) is 4. The van der Waals surface area contributed by atoms with Crippen molar-refractivity contribution >= 4 is 0 Å². The van der Waals surface area contributed by atoms with Gasteiger partial charge in [-0.25, -0.2) is 4.98 Å². The van der Waals surface area contributed by atoms with Crippen molar-refractivity contribution in [2.45, 2.75) is 25.9 Å². The summed E-state index contributed by atoms with van der Waals surface area (Å²) in [5.74, 6) is 1.05. The van der Waals surface area contributed by atoms with Gasteiger partial charge < -0.3 is 5.32 Å². The van der Waals surface area contributed by atoms with Gasteiger partial charge in [0.1, 0.15) is 12.2 Å². The number of hydrogen-bond donors (Lipinski definition) is 1. The lowest BCUT2D eigenvalue weighted by molar-refractivity contribution is 0.202. The van der Waals surface area contributed by atoms with Crippen LogP contribution in [-0.2, 0) is 13.6 Å². The van der Waals surface area contributed by atoms with Gasteiger partial charge >= 0.3 is 0 Å². The molecule has 1 fully saturated rings. The predicted octanol–water partition coefficient (Wildman–Crippen LogP) is -0.00110. The molecule has 1 unspecified atom stereocenters. The van der Waals surface area contributed by atoms with Crippen LogP contribution in [0.1, 0.15) is 19.2 Å². The first-order chi connectivity index (χ1) is 7.31. The number of hydrogen-bond acceptors (Lipinski definition) is 4. The Labute approximate surface area is 90.5 Å². The second-order valence-electron chi connectivity index (χ2n) is 4.01. The van der Waals surface area contributed by atoms with Crippen molar-refractivity contribution in [1.82, 2.24) is 25.0 Å².